The second kappa shape index (κ2) is 6.09. The Morgan fingerprint density at radius 1 is 1.37 bits per heavy atom. The molecular formula is C11H14Br2N2O3S. The van der Waals surface area contributed by atoms with E-state index in [9.17, 15) is 8.42 Å². The fourth-order valence-electron chi connectivity index (χ4n) is 1.98. The topological polar surface area (TPSA) is 81.4 Å². The van der Waals surface area contributed by atoms with Crippen molar-refractivity contribution in [3.8, 4) is 0 Å². The van der Waals surface area contributed by atoms with Crippen molar-refractivity contribution in [1.29, 1.82) is 0 Å². The summed E-state index contributed by atoms with van der Waals surface area (Å²) in [7, 11) is -3.66. The number of nitrogens with one attached hydrogen (secondary N) is 1. The van der Waals surface area contributed by atoms with Crippen LogP contribution in [0.25, 0.3) is 0 Å². The molecule has 1 aromatic rings. The van der Waals surface area contributed by atoms with Gasteiger partial charge in [0.1, 0.15) is 4.90 Å². The second-order valence-corrected chi connectivity index (χ2v) is 7.76. The van der Waals surface area contributed by atoms with Crippen molar-refractivity contribution in [2.45, 2.75) is 23.8 Å². The molecule has 5 nitrogen and oxygen atoms in total. The summed E-state index contributed by atoms with van der Waals surface area (Å²) in [5, 5.41) is 0. The molecule has 2 rings (SSSR count). The van der Waals surface area contributed by atoms with Crippen molar-refractivity contribution in [2.75, 3.05) is 18.9 Å². The molecule has 19 heavy (non-hydrogen) atoms. The standard InChI is InChI=1S/C11H14Br2N2O3S/c12-7-4-9(13)11(10(14)5-7)19(16,17)15-8-2-1-3-18-6-8/h4-5,8,15H,1-3,6,14H2. The Labute approximate surface area is 129 Å². The lowest BCUT2D eigenvalue weighted by Gasteiger charge is -2.23. The Morgan fingerprint density at radius 2 is 2.11 bits per heavy atom. The summed E-state index contributed by atoms with van der Waals surface area (Å²) in [5.41, 5.74) is 6.00. The maximum atomic E-state index is 12.4. The van der Waals surface area contributed by atoms with Crippen molar-refractivity contribution >= 4 is 47.6 Å². The minimum Gasteiger partial charge on any atom is -0.398 e. The van der Waals surface area contributed by atoms with Crippen molar-refractivity contribution in [1.82, 2.24) is 4.72 Å². The third kappa shape index (κ3) is 3.69. The van der Waals surface area contributed by atoms with Gasteiger partial charge < -0.3 is 10.5 Å². The first-order valence-electron chi connectivity index (χ1n) is 5.75. The number of ether oxygens (including phenoxy) is 1. The highest BCUT2D eigenvalue weighted by Crippen LogP contribution is 2.31. The second-order valence-electron chi connectivity index (χ2n) is 4.34. The number of nitrogen functional groups attached to an aromatic ring is 1. The maximum Gasteiger partial charge on any atom is 0.244 e. The number of hydrogen-bond acceptors (Lipinski definition) is 4. The van der Waals surface area contributed by atoms with Crippen LogP contribution in [0.15, 0.2) is 26.0 Å². The van der Waals surface area contributed by atoms with Gasteiger partial charge in [-0.05, 0) is 40.9 Å². The van der Waals surface area contributed by atoms with Crippen molar-refractivity contribution in [2.24, 2.45) is 0 Å². The van der Waals surface area contributed by atoms with E-state index >= 15 is 0 Å². The first-order chi connectivity index (χ1) is 8.90. The summed E-state index contributed by atoms with van der Waals surface area (Å²) >= 11 is 6.51. The van der Waals surface area contributed by atoms with E-state index in [1.807, 2.05) is 0 Å². The lowest BCUT2D eigenvalue weighted by molar-refractivity contribution is 0.0774. The van der Waals surface area contributed by atoms with Crippen LogP contribution in [0.1, 0.15) is 12.8 Å². The summed E-state index contributed by atoms with van der Waals surface area (Å²) < 4.78 is 33.8. The minimum atomic E-state index is -3.66. The molecule has 0 aliphatic carbocycles. The van der Waals surface area contributed by atoms with Gasteiger partial charge in [0.15, 0.2) is 0 Å². The normalized spacial score (nSPS) is 20.4. The zero-order valence-electron chi connectivity index (χ0n) is 10.0. The first kappa shape index (κ1) is 15.2. The molecular weight excluding hydrogens is 400 g/mol. The van der Waals surface area contributed by atoms with Crippen LogP contribution in [0.2, 0.25) is 0 Å². The lowest BCUT2D eigenvalue weighted by Crippen LogP contribution is -2.40. The molecule has 1 saturated heterocycles. The van der Waals surface area contributed by atoms with Gasteiger partial charge in [-0.15, -0.1) is 0 Å². The van der Waals surface area contributed by atoms with Crippen LogP contribution in [0.4, 0.5) is 5.69 Å². The third-order valence-corrected chi connectivity index (χ3v) is 5.77. The Hall–Kier alpha value is -0.150. The van der Waals surface area contributed by atoms with Gasteiger partial charge in [-0.1, -0.05) is 15.9 Å². The molecule has 1 aromatic carbocycles. The molecule has 0 spiro atoms. The number of nitrogens with two attached hydrogens (primary N) is 1. The van der Waals surface area contributed by atoms with E-state index in [2.05, 4.69) is 36.6 Å². The van der Waals surface area contributed by atoms with E-state index in [-0.39, 0.29) is 16.6 Å². The number of sulfonamides is 1. The maximum absolute atomic E-state index is 12.4. The number of halogens is 2. The van der Waals surface area contributed by atoms with Crippen molar-refractivity contribution < 1.29 is 13.2 Å². The van der Waals surface area contributed by atoms with Gasteiger partial charge in [-0.3, -0.25) is 0 Å². The fraction of sp³-hybridized carbons (Fsp3) is 0.455. The number of anilines is 1. The molecule has 1 aliphatic rings. The van der Waals surface area contributed by atoms with Crippen molar-refractivity contribution in [3.63, 3.8) is 0 Å². The summed E-state index contributed by atoms with van der Waals surface area (Å²) in [6, 6.07) is 3.02. The van der Waals surface area contributed by atoms with E-state index in [0.717, 1.165) is 17.3 Å². The average Bonchev–Trinajstić information content (AvgIpc) is 2.27. The molecule has 8 heteroatoms. The van der Waals surface area contributed by atoms with Gasteiger partial charge in [0.2, 0.25) is 10.0 Å². The Bertz CT molecular complexity index is 548. The molecule has 0 aromatic heterocycles. The highest BCUT2D eigenvalue weighted by molar-refractivity contribution is 9.11. The summed E-state index contributed by atoms with van der Waals surface area (Å²) in [4.78, 5) is 0.0706. The van der Waals surface area contributed by atoms with E-state index < -0.39 is 10.0 Å². The van der Waals surface area contributed by atoms with Crippen LogP contribution in [0.5, 0.6) is 0 Å². The average molecular weight is 414 g/mol. The fourth-order valence-corrected chi connectivity index (χ4v) is 5.30. The Kier molecular flexibility index (Phi) is 4.88. The summed E-state index contributed by atoms with van der Waals surface area (Å²) in [6.45, 7) is 1.08. The molecule has 106 valence electrons. The molecule has 3 N–H and O–H groups in total. The predicted molar refractivity (Wildman–Crippen MR) is 80.4 cm³/mol. The molecule has 0 bridgehead atoms. The van der Waals surface area contributed by atoms with E-state index in [4.69, 9.17) is 10.5 Å². The van der Waals surface area contributed by atoms with Crippen LogP contribution >= 0.6 is 31.9 Å². The minimum absolute atomic E-state index is 0.0706. The molecule has 1 aliphatic heterocycles. The molecule has 0 amide bonds. The largest absolute Gasteiger partial charge is 0.398 e. The summed E-state index contributed by atoms with van der Waals surface area (Å²) in [5.74, 6) is 0. The van der Waals surface area contributed by atoms with Crippen LogP contribution in [-0.2, 0) is 14.8 Å². The zero-order chi connectivity index (χ0) is 14.0. The molecule has 1 heterocycles. The summed E-state index contributed by atoms with van der Waals surface area (Å²) in [6.07, 6.45) is 1.62. The van der Waals surface area contributed by atoms with Gasteiger partial charge in [0.05, 0.1) is 12.3 Å². The van der Waals surface area contributed by atoms with E-state index in [0.29, 0.717) is 17.7 Å². The van der Waals surface area contributed by atoms with Gasteiger partial charge in [-0.25, -0.2) is 13.1 Å². The van der Waals surface area contributed by atoms with Crippen LogP contribution in [0, 0.1) is 0 Å². The SMILES string of the molecule is Nc1cc(Br)cc(Br)c1S(=O)(=O)NC1CCCOC1. The molecule has 1 unspecified atom stereocenters. The first-order valence-corrected chi connectivity index (χ1v) is 8.81. The van der Waals surface area contributed by atoms with E-state index in [1.165, 1.54) is 0 Å². The van der Waals surface area contributed by atoms with Gasteiger partial charge >= 0.3 is 0 Å². The van der Waals surface area contributed by atoms with Gasteiger partial charge in [0, 0.05) is 21.6 Å². The predicted octanol–water partition coefficient (Wildman–Crippen LogP) is 2.25. The molecule has 1 atom stereocenters. The molecule has 0 radical (unpaired) electrons. The zero-order valence-corrected chi connectivity index (χ0v) is 14.0. The lowest BCUT2D eigenvalue weighted by atomic mass is 10.1. The highest BCUT2D eigenvalue weighted by atomic mass is 79.9. The Morgan fingerprint density at radius 3 is 2.68 bits per heavy atom. The van der Waals surface area contributed by atoms with E-state index in [1.54, 1.807) is 12.1 Å². The highest BCUT2D eigenvalue weighted by Gasteiger charge is 2.26. The molecule has 0 saturated carbocycles. The number of benzene rings is 1. The third-order valence-electron chi connectivity index (χ3n) is 2.79. The van der Waals surface area contributed by atoms with Crippen molar-refractivity contribution in [3.05, 3.63) is 21.1 Å². The van der Waals surface area contributed by atoms with Crippen LogP contribution < -0.4 is 10.5 Å². The van der Waals surface area contributed by atoms with Gasteiger partial charge in [0.25, 0.3) is 0 Å². The van der Waals surface area contributed by atoms with Gasteiger partial charge in [-0.2, -0.15) is 0 Å². The molecule has 1 fully saturated rings. The van der Waals surface area contributed by atoms with Crippen LogP contribution in [0.3, 0.4) is 0 Å². The Balaban J connectivity index is 2.29. The quantitative estimate of drug-likeness (QED) is 0.744. The number of rotatable bonds is 3. The number of hydrogen-bond donors (Lipinski definition) is 2. The smallest absolute Gasteiger partial charge is 0.244 e. The monoisotopic (exact) mass is 412 g/mol. The van der Waals surface area contributed by atoms with Crippen LogP contribution in [-0.4, -0.2) is 27.7 Å².